The van der Waals surface area contributed by atoms with Crippen LogP contribution in [0.3, 0.4) is 0 Å². The van der Waals surface area contributed by atoms with Crippen molar-refractivity contribution in [2.75, 3.05) is 6.61 Å². The molecule has 4 nitrogen and oxygen atoms in total. The molecule has 150 valence electrons. The van der Waals surface area contributed by atoms with Gasteiger partial charge in [0.1, 0.15) is 10.8 Å². The lowest BCUT2D eigenvalue weighted by Gasteiger charge is -2.07. The first-order valence-electron chi connectivity index (χ1n) is 9.84. The van der Waals surface area contributed by atoms with Crippen LogP contribution in [0.5, 0.6) is 5.75 Å². The van der Waals surface area contributed by atoms with E-state index in [1.807, 2.05) is 29.0 Å². The summed E-state index contributed by atoms with van der Waals surface area (Å²) in [6, 6.07) is 18.8. The van der Waals surface area contributed by atoms with Gasteiger partial charge in [0, 0.05) is 18.3 Å². The number of carbonyl (C=O) groups is 1. The maximum Gasteiger partial charge on any atom is 0.226 e. The zero-order chi connectivity index (χ0) is 20.3. The summed E-state index contributed by atoms with van der Waals surface area (Å²) in [6.45, 7) is 1.28. The minimum absolute atomic E-state index is 0.0132. The predicted molar refractivity (Wildman–Crippen MR) is 122 cm³/mol. The van der Waals surface area contributed by atoms with Gasteiger partial charge in [-0.1, -0.05) is 36.4 Å². The largest absolute Gasteiger partial charge is 0.493 e. The summed E-state index contributed by atoms with van der Waals surface area (Å²) >= 11 is 3.24. The molecule has 2 aromatic carbocycles. The van der Waals surface area contributed by atoms with Crippen molar-refractivity contribution >= 4 is 28.6 Å². The molecule has 6 heteroatoms. The van der Waals surface area contributed by atoms with Crippen LogP contribution in [-0.4, -0.2) is 17.5 Å². The van der Waals surface area contributed by atoms with Crippen molar-refractivity contribution in [1.29, 1.82) is 0 Å². The zero-order valence-electron chi connectivity index (χ0n) is 16.3. The molecule has 2 aromatic heterocycles. The number of hydrogen-bond acceptors (Lipinski definition) is 5. The van der Waals surface area contributed by atoms with E-state index >= 15 is 0 Å². The van der Waals surface area contributed by atoms with E-state index < -0.39 is 0 Å². The molecule has 0 radical (unpaired) electrons. The fraction of sp³-hybridized carbons (Fsp3) is 0.167. The quantitative estimate of drug-likeness (QED) is 0.448. The van der Waals surface area contributed by atoms with Crippen molar-refractivity contribution in [3.8, 4) is 26.8 Å². The molecule has 0 fully saturated rings. The summed E-state index contributed by atoms with van der Waals surface area (Å²) in [5.41, 5.74) is 5.53. The Balaban J connectivity index is 1.17. The molecule has 1 N–H and O–H groups in total. The first-order chi connectivity index (χ1) is 14.7. The number of ether oxygens (including phenoxy) is 1. The molecule has 0 atom stereocenters. The van der Waals surface area contributed by atoms with E-state index in [1.54, 1.807) is 22.7 Å². The lowest BCUT2D eigenvalue weighted by Crippen LogP contribution is -2.24. The topological polar surface area (TPSA) is 51.2 Å². The number of nitrogens with one attached hydrogen (secondary N) is 1. The van der Waals surface area contributed by atoms with E-state index in [0.29, 0.717) is 13.0 Å². The summed E-state index contributed by atoms with van der Waals surface area (Å²) in [4.78, 5) is 18.0. The van der Waals surface area contributed by atoms with Crippen LogP contribution >= 0.6 is 22.7 Å². The highest BCUT2D eigenvalue weighted by atomic mass is 32.1. The van der Waals surface area contributed by atoms with Crippen molar-refractivity contribution in [3.05, 3.63) is 82.2 Å². The summed E-state index contributed by atoms with van der Waals surface area (Å²) < 4.78 is 5.58. The van der Waals surface area contributed by atoms with Gasteiger partial charge in [0.05, 0.1) is 23.6 Å². The number of thiazole rings is 1. The van der Waals surface area contributed by atoms with E-state index in [9.17, 15) is 4.79 Å². The highest BCUT2D eigenvalue weighted by Crippen LogP contribution is 2.31. The van der Waals surface area contributed by atoms with Crippen LogP contribution < -0.4 is 10.1 Å². The van der Waals surface area contributed by atoms with E-state index in [1.165, 1.54) is 16.7 Å². The van der Waals surface area contributed by atoms with E-state index in [2.05, 4.69) is 46.7 Å². The lowest BCUT2D eigenvalue weighted by molar-refractivity contribution is -0.120. The predicted octanol–water partition coefficient (Wildman–Crippen LogP) is 5.33. The van der Waals surface area contributed by atoms with Crippen molar-refractivity contribution in [2.45, 2.75) is 19.4 Å². The van der Waals surface area contributed by atoms with Crippen LogP contribution in [-0.2, 0) is 24.2 Å². The minimum atomic E-state index is -0.0132. The molecule has 30 heavy (non-hydrogen) atoms. The number of aromatic nitrogens is 1. The van der Waals surface area contributed by atoms with Crippen LogP contribution in [0.25, 0.3) is 21.0 Å². The summed E-state index contributed by atoms with van der Waals surface area (Å²) in [7, 11) is 0. The van der Waals surface area contributed by atoms with Gasteiger partial charge in [0.2, 0.25) is 5.91 Å². The van der Waals surface area contributed by atoms with Crippen LogP contribution in [0, 0.1) is 0 Å². The molecule has 1 amide bonds. The van der Waals surface area contributed by atoms with Crippen LogP contribution in [0.4, 0.5) is 0 Å². The Morgan fingerprint density at radius 1 is 1.07 bits per heavy atom. The van der Waals surface area contributed by atoms with Gasteiger partial charge < -0.3 is 10.1 Å². The van der Waals surface area contributed by atoms with Gasteiger partial charge in [-0.2, -0.15) is 0 Å². The molecule has 0 saturated carbocycles. The molecule has 4 aromatic rings. The standard InChI is InChI=1S/C24H20N2O2S2/c27-23(13-20-15-30-24(26-20)22-2-1-11-29-22)25-14-16-3-5-17(6-4-16)18-7-8-21-19(12-18)9-10-28-21/h1-8,11-12,15H,9-10,13-14H2,(H,25,27). The molecule has 0 saturated heterocycles. The Hall–Kier alpha value is -2.96. The maximum atomic E-state index is 12.3. The van der Waals surface area contributed by atoms with Crippen LogP contribution in [0.2, 0.25) is 0 Å². The molecule has 0 aliphatic carbocycles. The van der Waals surface area contributed by atoms with Gasteiger partial charge in [0.15, 0.2) is 0 Å². The lowest BCUT2D eigenvalue weighted by atomic mass is 10.0. The fourth-order valence-electron chi connectivity index (χ4n) is 3.51. The van der Waals surface area contributed by atoms with E-state index in [-0.39, 0.29) is 5.91 Å². The maximum absolute atomic E-state index is 12.3. The Morgan fingerprint density at radius 2 is 1.93 bits per heavy atom. The molecule has 0 unspecified atom stereocenters. The number of amides is 1. The van der Waals surface area contributed by atoms with Gasteiger partial charge in [0.25, 0.3) is 0 Å². The van der Waals surface area contributed by atoms with Gasteiger partial charge >= 0.3 is 0 Å². The molecule has 5 rings (SSSR count). The highest BCUT2D eigenvalue weighted by molar-refractivity contribution is 7.20. The normalized spacial score (nSPS) is 12.4. The number of hydrogen-bond donors (Lipinski definition) is 1. The Kier molecular flexibility index (Phi) is 5.34. The third kappa shape index (κ3) is 4.15. The Labute approximate surface area is 183 Å². The van der Waals surface area contributed by atoms with Crippen LogP contribution in [0.15, 0.2) is 65.4 Å². The van der Waals surface area contributed by atoms with Crippen molar-refractivity contribution < 1.29 is 9.53 Å². The van der Waals surface area contributed by atoms with Crippen molar-refractivity contribution in [2.24, 2.45) is 0 Å². The van der Waals surface area contributed by atoms with E-state index in [4.69, 9.17) is 4.74 Å². The number of fused-ring (bicyclic) bond motifs is 1. The molecule has 3 heterocycles. The number of rotatable bonds is 6. The van der Waals surface area contributed by atoms with Gasteiger partial charge in [-0.3, -0.25) is 4.79 Å². The SMILES string of the molecule is O=C(Cc1csc(-c2cccs2)n1)NCc1ccc(-c2ccc3c(c2)CCO3)cc1. The second-order valence-electron chi connectivity index (χ2n) is 7.19. The van der Waals surface area contributed by atoms with Gasteiger partial charge in [-0.15, -0.1) is 22.7 Å². The monoisotopic (exact) mass is 432 g/mol. The molecule has 0 spiro atoms. The Bertz CT molecular complexity index is 1160. The molecular formula is C24H20N2O2S2. The second kappa shape index (κ2) is 8.42. The fourth-order valence-corrected chi connectivity index (χ4v) is 5.14. The minimum Gasteiger partial charge on any atom is -0.493 e. The summed E-state index contributed by atoms with van der Waals surface area (Å²) in [5.74, 6) is 0.987. The first-order valence-corrected chi connectivity index (χ1v) is 11.6. The molecule has 1 aliphatic rings. The van der Waals surface area contributed by atoms with Crippen LogP contribution in [0.1, 0.15) is 16.8 Å². The number of nitrogens with zero attached hydrogens (tertiary/aromatic N) is 1. The number of benzene rings is 2. The zero-order valence-corrected chi connectivity index (χ0v) is 17.9. The third-order valence-corrected chi connectivity index (χ3v) is 7.02. The molecular weight excluding hydrogens is 412 g/mol. The van der Waals surface area contributed by atoms with Gasteiger partial charge in [-0.05, 0) is 45.8 Å². The molecule has 1 aliphatic heterocycles. The first kappa shape index (κ1) is 19.0. The van der Waals surface area contributed by atoms with Crippen molar-refractivity contribution in [1.82, 2.24) is 10.3 Å². The Morgan fingerprint density at radius 3 is 2.77 bits per heavy atom. The smallest absolute Gasteiger partial charge is 0.226 e. The number of thiophene rings is 1. The second-order valence-corrected chi connectivity index (χ2v) is 9.00. The molecule has 0 bridgehead atoms. The highest BCUT2D eigenvalue weighted by Gasteiger charge is 2.13. The third-order valence-electron chi connectivity index (χ3n) is 5.09. The van der Waals surface area contributed by atoms with Crippen molar-refractivity contribution in [3.63, 3.8) is 0 Å². The summed E-state index contributed by atoms with van der Waals surface area (Å²) in [6.07, 6.45) is 1.28. The average molecular weight is 433 g/mol. The summed E-state index contributed by atoms with van der Waals surface area (Å²) in [5, 5.41) is 7.97. The average Bonchev–Trinajstić information content (AvgIpc) is 3.53. The van der Waals surface area contributed by atoms with Gasteiger partial charge in [-0.25, -0.2) is 4.98 Å². The van der Waals surface area contributed by atoms with E-state index in [0.717, 1.165) is 39.9 Å². The number of carbonyl (C=O) groups excluding carboxylic acids is 1.